The molecule has 1 N–H and O–H groups in total. The second-order valence-electron chi connectivity index (χ2n) is 4.34. The highest BCUT2D eigenvalue weighted by molar-refractivity contribution is 6.30. The van der Waals surface area contributed by atoms with Crippen molar-refractivity contribution in [1.29, 1.82) is 0 Å². The van der Waals surface area contributed by atoms with Crippen LogP contribution in [0.2, 0.25) is 5.02 Å². The van der Waals surface area contributed by atoms with Gasteiger partial charge in [-0.05, 0) is 29.8 Å². The quantitative estimate of drug-likeness (QED) is 0.785. The smallest absolute Gasteiger partial charge is 0.181 e. The molecule has 0 aliphatic heterocycles. The van der Waals surface area contributed by atoms with Crippen LogP contribution in [0.25, 0.3) is 11.0 Å². The summed E-state index contributed by atoms with van der Waals surface area (Å²) in [6.45, 7) is 0.636. The summed E-state index contributed by atoms with van der Waals surface area (Å²) in [6.07, 6.45) is 0. The van der Waals surface area contributed by atoms with E-state index in [0.717, 1.165) is 21.7 Å². The number of nitrogens with one attached hydrogen (secondary N) is 1. The number of hydrogen-bond acceptors (Lipinski definition) is 4. The predicted molar refractivity (Wildman–Crippen MR) is 79.3 cm³/mol. The molecule has 20 heavy (non-hydrogen) atoms. The fourth-order valence-electron chi connectivity index (χ4n) is 2.04. The Morgan fingerprint density at radius 1 is 1.20 bits per heavy atom. The first kappa shape index (κ1) is 12.8. The fourth-order valence-corrected chi connectivity index (χ4v) is 2.17. The summed E-state index contributed by atoms with van der Waals surface area (Å²) in [6, 6.07) is 13.3. The average molecular weight is 289 g/mol. The van der Waals surface area contributed by atoms with Gasteiger partial charge >= 0.3 is 0 Å². The molecule has 0 aliphatic carbocycles. The van der Waals surface area contributed by atoms with Crippen LogP contribution >= 0.6 is 11.6 Å². The molecule has 3 aromatic rings. The van der Waals surface area contributed by atoms with Gasteiger partial charge in [0.15, 0.2) is 11.4 Å². The normalized spacial score (nSPS) is 10.7. The lowest BCUT2D eigenvalue weighted by Crippen LogP contribution is -2.00. The topological polar surface area (TPSA) is 47.3 Å². The van der Waals surface area contributed by atoms with Gasteiger partial charge in [0.1, 0.15) is 11.1 Å². The van der Waals surface area contributed by atoms with Crippen LogP contribution in [0.3, 0.4) is 0 Å². The summed E-state index contributed by atoms with van der Waals surface area (Å²) in [4.78, 5) is 0. The van der Waals surface area contributed by atoms with E-state index in [-0.39, 0.29) is 0 Å². The maximum absolute atomic E-state index is 5.86. The fraction of sp³-hybridized carbons (Fsp3) is 0.133. The molecule has 2 aromatic carbocycles. The molecule has 0 saturated heterocycles. The number of aromatic nitrogens is 1. The molecule has 0 fully saturated rings. The number of nitrogens with zero attached hydrogens (tertiary/aromatic N) is 1. The van der Waals surface area contributed by atoms with Gasteiger partial charge in [0.25, 0.3) is 0 Å². The maximum Gasteiger partial charge on any atom is 0.181 e. The maximum atomic E-state index is 5.86. The molecule has 0 radical (unpaired) electrons. The van der Waals surface area contributed by atoms with E-state index < -0.39 is 0 Å². The van der Waals surface area contributed by atoms with Gasteiger partial charge in [-0.3, -0.25) is 0 Å². The van der Waals surface area contributed by atoms with E-state index in [9.17, 15) is 0 Å². The van der Waals surface area contributed by atoms with Gasteiger partial charge in [0.05, 0.1) is 7.11 Å². The minimum atomic E-state index is 0.636. The van der Waals surface area contributed by atoms with Gasteiger partial charge in [-0.25, -0.2) is 0 Å². The summed E-state index contributed by atoms with van der Waals surface area (Å²) in [5.41, 5.74) is 1.81. The lowest BCUT2D eigenvalue weighted by Gasteiger charge is -2.05. The molecule has 1 heterocycles. The Morgan fingerprint density at radius 2 is 2.00 bits per heavy atom. The lowest BCUT2D eigenvalue weighted by molar-refractivity contribution is 0.419. The van der Waals surface area contributed by atoms with Gasteiger partial charge < -0.3 is 14.6 Å². The monoisotopic (exact) mass is 288 g/mol. The molecule has 4 nitrogen and oxygen atoms in total. The Bertz CT molecular complexity index is 722. The number of rotatable bonds is 4. The molecule has 1 aromatic heterocycles. The van der Waals surface area contributed by atoms with E-state index in [1.54, 1.807) is 7.11 Å². The number of ether oxygens (including phenoxy) is 1. The van der Waals surface area contributed by atoms with Crippen molar-refractivity contribution in [2.45, 2.75) is 6.54 Å². The zero-order chi connectivity index (χ0) is 13.9. The lowest BCUT2D eigenvalue weighted by atomic mass is 10.2. The molecular formula is C15H13ClN2O2. The van der Waals surface area contributed by atoms with Crippen LogP contribution in [-0.2, 0) is 6.54 Å². The number of benzene rings is 2. The van der Waals surface area contributed by atoms with Gasteiger partial charge in [-0.15, -0.1) is 0 Å². The number of halogens is 1. The zero-order valence-corrected chi connectivity index (χ0v) is 11.6. The molecule has 0 saturated carbocycles. The van der Waals surface area contributed by atoms with Gasteiger partial charge in [0.2, 0.25) is 0 Å². The molecule has 3 rings (SSSR count). The molecule has 0 bridgehead atoms. The van der Waals surface area contributed by atoms with Crippen molar-refractivity contribution < 1.29 is 9.26 Å². The van der Waals surface area contributed by atoms with Gasteiger partial charge in [-0.1, -0.05) is 35.0 Å². The summed E-state index contributed by atoms with van der Waals surface area (Å²) < 4.78 is 10.6. The minimum absolute atomic E-state index is 0.636. The Morgan fingerprint density at radius 3 is 2.75 bits per heavy atom. The highest BCUT2D eigenvalue weighted by Crippen LogP contribution is 2.32. The van der Waals surface area contributed by atoms with Crippen molar-refractivity contribution in [2.24, 2.45) is 0 Å². The van der Waals surface area contributed by atoms with Crippen LogP contribution < -0.4 is 10.1 Å². The third kappa shape index (κ3) is 2.42. The Labute approximate surface area is 121 Å². The number of fused-ring (bicyclic) bond motifs is 1. The third-order valence-electron chi connectivity index (χ3n) is 3.05. The second kappa shape index (κ2) is 5.43. The average Bonchev–Trinajstić information content (AvgIpc) is 2.90. The van der Waals surface area contributed by atoms with Crippen LogP contribution in [0.1, 0.15) is 5.56 Å². The Balaban J connectivity index is 1.86. The second-order valence-corrected chi connectivity index (χ2v) is 4.78. The number of anilines is 1. The molecule has 0 spiro atoms. The van der Waals surface area contributed by atoms with Crippen molar-refractivity contribution in [3.63, 3.8) is 0 Å². The van der Waals surface area contributed by atoms with Crippen molar-refractivity contribution in [3.8, 4) is 5.75 Å². The molecular weight excluding hydrogens is 276 g/mol. The first-order valence-corrected chi connectivity index (χ1v) is 6.56. The SMILES string of the molecule is COc1cccc2onc(NCc3ccc(Cl)cc3)c12. The molecule has 0 atom stereocenters. The van der Waals surface area contributed by atoms with Crippen molar-refractivity contribution in [3.05, 3.63) is 53.1 Å². The zero-order valence-electron chi connectivity index (χ0n) is 10.9. The first-order chi connectivity index (χ1) is 9.78. The molecule has 0 unspecified atom stereocenters. The van der Waals surface area contributed by atoms with E-state index in [1.807, 2.05) is 42.5 Å². The van der Waals surface area contributed by atoms with Gasteiger partial charge in [0, 0.05) is 11.6 Å². The highest BCUT2D eigenvalue weighted by Gasteiger charge is 2.12. The van der Waals surface area contributed by atoms with Crippen molar-refractivity contribution in [2.75, 3.05) is 12.4 Å². The summed E-state index contributed by atoms with van der Waals surface area (Å²) >= 11 is 5.86. The van der Waals surface area contributed by atoms with Gasteiger partial charge in [-0.2, -0.15) is 0 Å². The van der Waals surface area contributed by atoms with Crippen LogP contribution in [0.15, 0.2) is 47.0 Å². The first-order valence-electron chi connectivity index (χ1n) is 6.18. The van der Waals surface area contributed by atoms with E-state index in [2.05, 4.69) is 10.5 Å². The van der Waals surface area contributed by atoms with Crippen LogP contribution in [0.5, 0.6) is 5.75 Å². The Kier molecular flexibility index (Phi) is 3.48. The van der Waals surface area contributed by atoms with Crippen LogP contribution in [0, 0.1) is 0 Å². The molecule has 0 amide bonds. The van der Waals surface area contributed by atoms with E-state index in [4.69, 9.17) is 20.9 Å². The highest BCUT2D eigenvalue weighted by atomic mass is 35.5. The Hall–Kier alpha value is -2.20. The summed E-state index contributed by atoms with van der Waals surface area (Å²) in [7, 11) is 1.63. The van der Waals surface area contributed by atoms with Crippen LogP contribution in [-0.4, -0.2) is 12.3 Å². The van der Waals surface area contributed by atoms with Crippen LogP contribution in [0.4, 0.5) is 5.82 Å². The molecule has 0 aliphatic rings. The predicted octanol–water partition coefficient (Wildman–Crippen LogP) is 4.10. The van der Waals surface area contributed by atoms with Crippen molar-refractivity contribution >= 4 is 28.4 Å². The van der Waals surface area contributed by atoms with E-state index in [0.29, 0.717) is 17.9 Å². The van der Waals surface area contributed by atoms with E-state index >= 15 is 0 Å². The van der Waals surface area contributed by atoms with E-state index in [1.165, 1.54) is 0 Å². The summed E-state index contributed by atoms with van der Waals surface area (Å²) in [5, 5.41) is 8.87. The summed E-state index contributed by atoms with van der Waals surface area (Å²) in [5.74, 6) is 1.41. The minimum Gasteiger partial charge on any atom is -0.496 e. The third-order valence-corrected chi connectivity index (χ3v) is 3.31. The molecule has 5 heteroatoms. The van der Waals surface area contributed by atoms with Crippen molar-refractivity contribution in [1.82, 2.24) is 5.16 Å². The standard InChI is InChI=1S/C15H13ClN2O2/c1-19-12-3-2-4-13-14(12)15(18-20-13)17-9-10-5-7-11(16)8-6-10/h2-8H,9H2,1H3,(H,17,18). The number of hydrogen-bond donors (Lipinski definition) is 1. The number of methoxy groups -OCH3 is 1. The largest absolute Gasteiger partial charge is 0.496 e. The molecule has 102 valence electrons.